The van der Waals surface area contributed by atoms with Crippen molar-refractivity contribution < 1.29 is 47.7 Å². The van der Waals surface area contributed by atoms with Crippen LogP contribution in [0.1, 0.15) is 95.4 Å². The maximum absolute atomic E-state index is 14.6. The van der Waals surface area contributed by atoms with Crippen molar-refractivity contribution in [3.05, 3.63) is 0 Å². The van der Waals surface area contributed by atoms with E-state index in [0.29, 0.717) is 0 Å². The molecular formula is C39H58N2O10. The molecule has 0 aliphatic carbocycles. The first-order valence-electron chi connectivity index (χ1n) is 18.0. The fourth-order valence-corrected chi connectivity index (χ4v) is 8.04. The van der Waals surface area contributed by atoms with Gasteiger partial charge in [-0.05, 0) is 85.7 Å². The Balaban J connectivity index is 2.21. The number of cyclic esters (lactones) is 1. The number of ether oxygens (including phenoxy) is 5. The van der Waals surface area contributed by atoms with E-state index in [9.17, 15) is 24.0 Å². The third kappa shape index (κ3) is 9.21. The molecule has 1 N–H and O–H groups in total. The highest BCUT2D eigenvalue weighted by atomic mass is 16.7. The zero-order valence-corrected chi connectivity index (χ0v) is 32.6. The third-order valence-electron chi connectivity index (χ3n) is 11.0. The quantitative estimate of drug-likeness (QED) is 0.184. The number of alkyl carbamates (subject to hydrolysis) is 1. The minimum Gasteiger partial charge on any atom is -0.457 e. The van der Waals surface area contributed by atoms with Crippen LogP contribution in [0.3, 0.4) is 0 Å². The van der Waals surface area contributed by atoms with Crippen molar-refractivity contribution in [1.29, 1.82) is 0 Å². The van der Waals surface area contributed by atoms with Gasteiger partial charge < -0.3 is 33.9 Å². The van der Waals surface area contributed by atoms with Crippen LogP contribution in [0.25, 0.3) is 0 Å². The number of esters is 1. The topological polar surface area (TPSA) is 147 Å². The van der Waals surface area contributed by atoms with E-state index in [0.717, 1.165) is 6.42 Å². The lowest BCUT2D eigenvalue weighted by Gasteiger charge is -2.48. The van der Waals surface area contributed by atoms with Gasteiger partial charge in [0.1, 0.15) is 23.9 Å². The lowest BCUT2D eigenvalue weighted by molar-refractivity contribution is -0.282. The molecule has 3 fully saturated rings. The van der Waals surface area contributed by atoms with E-state index in [2.05, 4.69) is 33.9 Å². The molecular weight excluding hydrogens is 656 g/mol. The number of carbonyl (C=O) groups is 5. The molecule has 3 heterocycles. The van der Waals surface area contributed by atoms with E-state index in [1.54, 1.807) is 41.5 Å². The van der Waals surface area contributed by atoms with Gasteiger partial charge in [-0.1, -0.05) is 40.5 Å². The average Bonchev–Trinajstić information content (AvgIpc) is 3.36. The molecule has 0 aromatic rings. The second kappa shape index (κ2) is 16.6. The Labute approximate surface area is 303 Å². The van der Waals surface area contributed by atoms with E-state index in [4.69, 9.17) is 23.7 Å². The number of fused-ring (bicyclic) bond motifs is 1. The van der Waals surface area contributed by atoms with Crippen molar-refractivity contribution in [2.45, 2.75) is 143 Å². The van der Waals surface area contributed by atoms with Crippen molar-refractivity contribution in [3.8, 4) is 23.7 Å². The van der Waals surface area contributed by atoms with Gasteiger partial charge in [-0.25, -0.2) is 4.79 Å². The standard InChI is InChI=1S/C39H58N2O10/c1-14-29-39(11)31(40-36(46)51-39)26(6)30(43)22(2)21-38(10,47-19-17-15-16-18-23(3)42)33(27(7)32(44)37(8,9)35(45)49-29)50-34-25(5)28(41(12)13)20-24(4)48-34/h22,24-29,31,33-34H,14,19-21H2,1-13H3,(H,40,46)/t22-,24-,25-,26+,27+,28+,29-,31-,33-,34+,38+,39-/m1/s1. The molecule has 3 aliphatic heterocycles. The summed E-state index contributed by atoms with van der Waals surface area (Å²) >= 11 is 0. The minimum atomic E-state index is -1.66. The number of ketones is 3. The SMILES string of the molecule is CC[C@H]1OC(=O)C(C)(C)C(=O)[C@H](C)[C@@H](O[C@@H]2O[C@H](C)C[C@H](N(C)C)[C@H]2C)[C@@](C)(OCC#CC#CC(C)=O)C[C@@H](C)C(=O)[C@H](C)[C@H]2NC(=O)O[C@@]21C. The number of Topliss-reactive ketones (excluding diaryl/α,β-unsaturated/α-hetero) is 3. The molecule has 12 atom stereocenters. The second-order valence-electron chi connectivity index (χ2n) is 15.8. The molecule has 3 aliphatic rings. The van der Waals surface area contributed by atoms with Crippen LogP contribution in [0.4, 0.5) is 4.79 Å². The first kappa shape index (κ1) is 42.1. The van der Waals surface area contributed by atoms with Gasteiger partial charge in [-0.15, -0.1) is 0 Å². The largest absolute Gasteiger partial charge is 0.457 e. The summed E-state index contributed by atoms with van der Waals surface area (Å²) in [5.74, 6) is 6.02. The fourth-order valence-electron chi connectivity index (χ4n) is 8.04. The minimum absolute atomic E-state index is 0.0906. The Hall–Kier alpha value is -3.29. The number of carbonyl (C=O) groups excluding carboxylic acids is 5. The summed E-state index contributed by atoms with van der Waals surface area (Å²) in [7, 11) is 4.00. The smallest absolute Gasteiger partial charge is 0.408 e. The van der Waals surface area contributed by atoms with Gasteiger partial charge in [0.05, 0.1) is 23.9 Å². The Morgan fingerprint density at radius 2 is 1.65 bits per heavy atom. The summed E-state index contributed by atoms with van der Waals surface area (Å²) in [5, 5.41) is 2.79. The molecule has 3 saturated heterocycles. The van der Waals surface area contributed by atoms with Crippen LogP contribution in [-0.4, -0.2) is 103 Å². The first-order valence-corrected chi connectivity index (χ1v) is 18.0. The van der Waals surface area contributed by atoms with Crippen molar-refractivity contribution in [2.75, 3.05) is 20.7 Å². The Morgan fingerprint density at radius 3 is 2.24 bits per heavy atom. The zero-order chi connectivity index (χ0) is 38.6. The molecule has 0 bridgehead atoms. The Kier molecular flexibility index (Phi) is 13.7. The summed E-state index contributed by atoms with van der Waals surface area (Å²) in [6.07, 6.45) is -2.48. The van der Waals surface area contributed by atoms with Crippen LogP contribution in [0.15, 0.2) is 0 Å². The number of hydrogen-bond donors (Lipinski definition) is 1. The molecule has 0 unspecified atom stereocenters. The van der Waals surface area contributed by atoms with Crippen molar-refractivity contribution in [1.82, 2.24) is 10.2 Å². The summed E-state index contributed by atoms with van der Waals surface area (Å²) in [6, 6.07) is -0.720. The summed E-state index contributed by atoms with van der Waals surface area (Å²) in [5.41, 5.74) is -4.39. The average molecular weight is 715 g/mol. The molecule has 0 aromatic carbocycles. The van der Waals surface area contributed by atoms with Gasteiger partial charge in [0.15, 0.2) is 17.7 Å². The van der Waals surface area contributed by atoms with Crippen LogP contribution in [-0.2, 0) is 42.9 Å². The molecule has 12 nitrogen and oxygen atoms in total. The Morgan fingerprint density at radius 1 is 1.00 bits per heavy atom. The van der Waals surface area contributed by atoms with Crippen molar-refractivity contribution >= 4 is 29.4 Å². The van der Waals surface area contributed by atoms with Crippen LogP contribution in [0.5, 0.6) is 0 Å². The Bertz CT molecular complexity index is 1470. The van der Waals surface area contributed by atoms with E-state index in [1.807, 2.05) is 27.9 Å². The van der Waals surface area contributed by atoms with E-state index in [1.165, 1.54) is 20.8 Å². The molecule has 51 heavy (non-hydrogen) atoms. The van der Waals surface area contributed by atoms with Crippen LogP contribution >= 0.6 is 0 Å². The monoisotopic (exact) mass is 714 g/mol. The number of amides is 1. The maximum Gasteiger partial charge on any atom is 0.408 e. The molecule has 12 heteroatoms. The number of nitrogens with one attached hydrogen (secondary N) is 1. The van der Waals surface area contributed by atoms with E-state index < -0.39 is 76.8 Å². The molecule has 1 amide bonds. The molecule has 0 radical (unpaired) electrons. The van der Waals surface area contributed by atoms with Crippen LogP contribution in [0, 0.1) is 52.8 Å². The number of nitrogens with zero attached hydrogens (tertiary/aromatic N) is 1. The zero-order valence-electron chi connectivity index (χ0n) is 32.6. The second-order valence-corrected chi connectivity index (χ2v) is 15.8. The third-order valence-corrected chi connectivity index (χ3v) is 11.0. The maximum atomic E-state index is 14.6. The van der Waals surface area contributed by atoms with E-state index in [-0.39, 0.29) is 49.1 Å². The summed E-state index contributed by atoms with van der Waals surface area (Å²) < 4.78 is 31.6. The number of hydrogen-bond acceptors (Lipinski definition) is 11. The highest BCUT2D eigenvalue weighted by Crippen LogP contribution is 2.42. The van der Waals surface area contributed by atoms with Gasteiger partial charge in [-0.3, -0.25) is 19.2 Å². The molecule has 284 valence electrons. The van der Waals surface area contributed by atoms with E-state index >= 15 is 0 Å². The first-order chi connectivity index (χ1) is 23.6. The van der Waals surface area contributed by atoms with Gasteiger partial charge in [0.2, 0.25) is 5.78 Å². The lowest BCUT2D eigenvalue weighted by atomic mass is 9.71. The van der Waals surface area contributed by atoms with Gasteiger partial charge >= 0.3 is 12.1 Å². The lowest BCUT2D eigenvalue weighted by Crippen LogP contribution is -2.60. The summed E-state index contributed by atoms with van der Waals surface area (Å²) in [4.78, 5) is 69.0. The van der Waals surface area contributed by atoms with Crippen LogP contribution in [0.2, 0.25) is 0 Å². The predicted molar refractivity (Wildman–Crippen MR) is 189 cm³/mol. The van der Waals surface area contributed by atoms with Crippen LogP contribution < -0.4 is 5.32 Å². The number of rotatable bonds is 6. The molecule has 3 rings (SSSR count). The molecule has 0 saturated carbocycles. The van der Waals surface area contributed by atoms with Gasteiger partial charge in [0, 0.05) is 36.6 Å². The van der Waals surface area contributed by atoms with Gasteiger partial charge in [-0.2, -0.15) is 0 Å². The highest BCUT2D eigenvalue weighted by Gasteiger charge is 2.58. The molecule has 0 aromatic heterocycles. The summed E-state index contributed by atoms with van der Waals surface area (Å²) in [6.45, 7) is 18.6. The normalized spacial score (nSPS) is 38.9. The highest BCUT2D eigenvalue weighted by molar-refractivity contribution is 6.04. The molecule has 0 spiro atoms. The predicted octanol–water partition coefficient (Wildman–Crippen LogP) is 4.11. The van der Waals surface area contributed by atoms with Gasteiger partial charge in [0.25, 0.3) is 0 Å². The fraction of sp³-hybridized carbons (Fsp3) is 0.769. The van der Waals surface area contributed by atoms with Crippen molar-refractivity contribution in [2.24, 2.45) is 29.1 Å². The van der Waals surface area contributed by atoms with Crippen molar-refractivity contribution in [3.63, 3.8) is 0 Å².